The van der Waals surface area contributed by atoms with Crippen molar-refractivity contribution >= 4 is 45.5 Å². The van der Waals surface area contributed by atoms with Crippen molar-refractivity contribution < 1.29 is 19.7 Å². The Morgan fingerprint density at radius 2 is 2.32 bits per heavy atom. The molecule has 3 rings (SSSR count). The summed E-state index contributed by atoms with van der Waals surface area (Å²) in [7, 11) is 0. The zero-order chi connectivity index (χ0) is 18.3. The first kappa shape index (κ1) is 18.3. The number of aliphatic hydroxyl groups is 2. The number of amides is 1. The van der Waals surface area contributed by atoms with Gasteiger partial charge < -0.3 is 19.5 Å². The third-order valence-electron chi connectivity index (χ3n) is 4.10. The van der Waals surface area contributed by atoms with Crippen molar-refractivity contribution in [3.63, 3.8) is 0 Å². The fourth-order valence-corrected chi connectivity index (χ4v) is 3.49. The number of fused-ring (bicyclic) bond motifs is 1. The quantitative estimate of drug-likeness (QED) is 0.492. The van der Waals surface area contributed by atoms with E-state index < -0.39 is 18.4 Å². The lowest BCUT2D eigenvalue weighted by Gasteiger charge is -2.14. The maximum Gasteiger partial charge on any atom is 0.262 e. The number of nitrogens with zero attached hydrogens (tertiary/aromatic N) is 2. The summed E-state index contributed by atoms with van der Waals surface area (Å²) in [6.45, 7) is 3.18. The van der Waals surface area contributed by atoms with Crippen molar-refractivity contribution in [2.75, 3.05) is 11.9 Å². The first-order valence-corrected chi connectivity index (χ1v) is 8.95. The first-order chi connectivity index (χ1) is 11.8. The summed E-state index contributed by atoms with van der Waals surface area (Å²) in [5.74, 6) is -0.459. The van der Waals surface area contributed by atoms with Crippen molar-refractivity contribution in [3.8, 4) is 0 Å². The van der Waals surface area contributed by atoms with Gasteiger partial charge in [0.25, 0.3) is 5.56 Å². The fourth-order valence-electron chi connectivity index (χ4n) is 2.70. The third kappa shape index (κ3) is 3.43. The van der Waals surface area contributed by atoms with Gasteiger partial charge in [-0.1, -0.05) is 13.8 Å². The van der Waals surface area contributed by atoms with E-state index in [1.165, 1.54) is 0 Å². The molecule has 4 N–H and O–H groups in total. The second-order valence-electron chi connectivity index (χ2n) is 6.26. The average molecular weight is 462 g/mol. The van der Waals surface area contributed by atoms with Crippen LogP contribution in [0.4, 0.5) is 5.95 Å². The molecule has 9 nitrogen and oxygen atoms in total. The highest BCUT2D eigenvalue weighted by Gasteiger charge is 2.35. The lowest BCUT2D eigenvalue weighted by molar-refractivity contribution is -0.118. The summed E-state index contributed by atoms with van der Waals surface area (Å²) in [5.41, 5.74) is -0.0209. The lowest BCUT2D eigenvalue weighted by atomic mass is 10.2. The molecule has 1 aliphatic heterocycles. The summed E-state index contributed by atoms with van der Waals surface area (Å²) < 4.78 is 7.97. The number of aliphatic hydroxyl groups excluding tert-OH is 2. The SMILES string of the molecule is CC(C)C(=O)Nc1nc2c(c(I)cn2[C@H]2C[C@H](O)[C@@H](CO)O2)c(=O)[nH]1. The monoisotopic (exact) mass is 462 g/mol. The number of ether oxygens (including phenoxy) is 1. The predicted molar refractivity (Wildman–Crippen MR) is 98.2 cm³/mol. The highest BCUT2D eigenvalue weighted by Crippen LogP contribution is 2.32. The third-order valence-corrected chi connectivity index (χ3v) is 4.91. The standard InChI is InChI=1S/C15H19IN4O5/c1-6(2)13(23)18-15-17-12-11(14(24)19-15)7(16)4-20(12)10-3-8(22)9(5-21)25-10/h4,6,8-10,21-22H,3,5H2,1-2H3,(H2,17,18,19,23,24)/t8-,9+,10+/m0/s1. The number of halogens is 1. The zero-order valence-corrected chi connectivity index (χ0v) is 15.9. The lowest BCUT2D eigenvalue weighted by Crippen LogP contribution is -2.24. The molecule has 3 atom stereocenters. The number of rotatable bonds is 4. The Morgan fingerprint density at radius 1 is 1.60 bits per heavy atom. The predicted octanol–water partition coefficient (Wildman–Crippen LogP) is 0.564. The number of aromatic amines is 1. The topological polar surface area (TPSA) is 129 Å². The van der Waals surface area contributed by atoms with Crippen molar-refractivity contribution in [2.45, 2.75) is 38.7 Å². The molecule has 25 heavy (non-hydrogen) atoms. The van der Waals surface area contributed by atoms with E-state index in [1.807, 2.05) is 22.6 Å². The molecule has 0 aromatic carbocycles. The summed E-state index contributed by atoms with van der Waals surface area (Å²) in [6, 6.07) is 0. The summed E-state index contributed by atoms with van der Waals surface area (Å²) in [4.78, 5) is 31.2. The van der Waals surface area contributed by atoms with Gasteiger partial charge in [-0.05, 0) is 22.6 Å². The Bertz CT molecular complexity index is 861. The molecule has 0 saturated carbocycles. The smallest absolute Gasteiger partial charge is 0.262 e. The maximum absolute atomic E-state index is 12.4. The molecule has 1 aliphatic rings. The molecule has 0 spiro atoms. The van der Waals surface area contributed by atoms with E-state index in [1.54, 1.807) is 24.6 Å². The van der Waals surface area contributed by atoms with Gasteiger partial charge in [-0.15, -0.1) is 0 Å². The van der Waals surface area contributed by atoms with Crippen molar-refractivity contribution in [1.29, 1.82) is 0 Å². The minimum atomic E-state index is -0.799. The van der Waals surface area contributed by atoms with Gasteiger partial charge in [0.05, 0.1) is 18.1 Å². The second kappa shape index (κ2) is 7.02. The Kier molecular flexibility index (Phi) is 5.14. The van der Waals surface area contributed by atoms with Crippen molar-refractivity contribution in [2.24, 2.45) is 5.92 Å². The Balaban J connectivity index is 2.04. The van der Waals surface area contributed by atoms with Crippen LogP contribution in [0.25, 0.3) is 11.0 Å². The summed E-state index contributed by atoms with van der Waals surface area (Å²) in [5, 5.41) is 22.1. The normalized spacial score (nSPS) is 23.5. The fraction of sp³-hybridized carbons (Fsp3) is 0.533. The van der Waals surface area contributed by atoms with Crippen LogP contribution in [-0.4, -0.2) is 49.5 Å². The molecular weight excluding hydrogens is 443 g/mol. The number of hydrogen-bond acceptors (Lipinski definition) is 6. The number of carbonyl (C=O) groups excluding carboxylic acids is 1. The molecule has 0 bridgehead atoms. The molecule has 1 amide bonds. The molecule has 1 saturated heterocycles. The van der Waals surface area contributed by atoms with Crippen LogP contribution in [-0.2, 0) is 9.53 Å². The number of nitrogens with one attached hydrogen (secondary N) is 2. The molecule has 0 radical (unpaired) electrons. The molecule has 1 fully saturated rings. The molecule has 136 valence electrons. The van der Waals surface area contributed by atoms with E-state index in [2.05, 4.69) is 15.3 Å². The summed E-state index contributed by atoms with van der Waals surface area (Å²) >= 11 is 2.02. The van der Waals surface area contributed by atoms with E-state index in [0.717, 1.165) is 0 Å². The van der Waals surface area contributed by atoms with Gasteiger partial charge in [0.2, 0.25) is 11.9 Å². The number of anilines is 1. The first-order valence-electron chi connectivity index (χ1n) is 7.87. The van der Waals surface area contributed by atoms with Gasteiger partial charge in [-0.2, -0.15) is 4.98 Å². The van der Waals surface area contributed by atoms with Crippen LogP contribution in [0.5, 0.6) is 0 Å². The average Bonchev–Trinajstić information content (AvgIpc) is 3.07. The van der Waals surface area contributed by atoms with E-state index in [4.69, 9.17) is 4.74 Å². The van der Waals surface area contributed by atoms with E-state index >= 15 is 0 Å². The Morgan fingerprint density at radius 3 is 2.92 bits per heavy atom. The molecular formula is C15H19IN4O5. The van der Waals surface area contributed by atoms with Crippen LogP contribution < -0.4 is 10.9 Å². The molecule has 0 unspecified atom stereocenters. The van der Waals surface area contributed by atoms with Crippen LogP contribution in [0.2, 0.25) is 0 Å². The largest absolute Gasteiger partial charge is 0.394 e. The molecule has 0 aliphatic carbocycles. The van der Waals surface area contributed by atoms with Crippen LogP contribution >= 0.6 is 22.6 Å². The van der Waals surface area contributed by atoms with Crippen molar-refractivity contribution in [3.05, 3.63) is 20.1 Å². The van der Waals surface area contributed by atoms with Gasteiger partial charge in [0.15, 0.2) is 5.65 Å². The van der Waals surface area contributed by atoms with Crippen LogP contribution in [0, 0.1) is 9.49 Å². The second-order valence-corrected chi connectivity index (χ2v) is 7.42. The van der Waals surface area contributed by atoms with E-state index in [9.17, 15) is 19.8 Å². The van der Waals surface area contributed by atoms with Crippen LogP contribution in [0.15, 0.2) is 11.0 Å². The Hall–Kier alpha value is -1.50. The highest BCUT2D eigenvalue weighted by molar-refractivity contribution is 14.1. The van der Waals surface area contributed by atoms with Gasteiger partial charge in [-0.3, -0.25) is 19.9 Å². The minimum Gasteiger partial charge on any atom is -0.394 e. The Labute approximate surface area is 156 Å². The molecule has 10 heteroatoms. The van der Waals surface area contributed by atoms with Crippen molar-refractivity contribution in [1.82, 2.24) is 14.5 Å². The van der Waals surface area contributed by atoms with Gasteiger partial charge in [0, 0.05) is 22.1 Å². The zero-order valence-electron chi connectivity index (χ0n) is 13.7. The summed E-state index contributed by atoms with van der Waals surface area (Å²) in [6.07, 6.45) is -0.0538. The molecule has 3 heterocycles. The van der Waals surface area contributed by atoms with Crippen LogP contribution in [0.3, 0.4) is 0 Å². The number of H-pyrrole nitrogens is 1. The van der Waals surface area contributed by atoms with Gasteiger partial charge in [-0.25, -0.2) is 0 Å². The number of hydrogen-bond donors (Lipinski definition) is 4. The number of carbonyl (C=O) groups is 1. The van der Waals surface area contributed by atoms with Gasteiger partial charge >= 0.3 is 0 Å². The van der Waals surface area contributed by atoms with E-state index in [0.29, 0.717) is 14.6 Å². The molecule has 2 aromatic heterocycles. The van der Waals surface area contributed by atoms with Gasteiger partial charge in [0.1, 0.15) is 12.3 Å². The maximum atomic E-state index is 12.4. The highest BCUT2D eigenvalue weighted by atomic mass is 127. The van der Waals surface area contributed by atoms with Crippen LogP contribution in [0.1, 0.15) is 26.5 Å². The minimum absolute atomic E-state index is 0.0594. The van der Waals surface area contributed by atoms with E-state index in [-0.39, 0.29) is 36.4 Å². The number of aromatic nitrogens is 3. The molecule has 2 aromatic rings.